The topological polar surface area (TPSA) is 43.1 Å². The lowest BCUT2D eigenvalue weighted by Gasteiger charge is -2.06. The maximum atomic E-state index is 6.39. The summed E-state index contributed by atoms with van der Waals surface area (Å²) in [5.41, 5.74) is 3.02. The lowest BCUT2D eigenvalue weighted by Crippen LogP contribution is -2.06. The van der Waals surface area contributed by atoms with Crippen molar-refractivity contribution in [2.75, 3.05) is 0 Å². The Hall–Kier alpha value is -1.25. The smallest absolute Gasteiger partial charge is 0.276 e. The van der Waals surface area contributed by atoms with E-state index in [1.807, 2.05) is 31.2 Å². The highest BCUT2D eigenvalue weighted by Gasteiger charge is 2.31. The van der Waals surface area contributed by atoms with Crippen molar-refractivity contribution in [3.63, 3.8) is 0 Å². The first-order valence-corrected chi connectivity index (χ1v) is 10.9. The maximum absolute atomic E-state index is 6.39. The summed E-state index contributed by atoms with van der Waals surface area (Å²) in [4.78, 5) is 4.79. The highest BCUT2D eigenvalue weighted by molar-refractivity contribution is 14.2. The van der Waals surface area contributed by atoms with Crippen molar-refractivity contribution in [2.24, 2.45) is 4.99 Å². The van der Waals surface area contributed by atoms with Crippen molar-refractivity contribution in [3.8, 4) is 5.00 Å². The van der Waals surface area contributed by atoms with Gasteiger partial charge in [-0.25, -0.2) is 4.57 Å². The summed E-state index contributed by atoms with van der Waals surface area (Å²) >= 11 is 8.84. The van der Waals surface area contributed by atoms with Crippen molar-refractivity contribution >= 4 is 46.2 Å². The lowest BCUT2D eigenvalue weighted by molar-refractivity contribution is 0.869. The predicted octanol–water partition coefficient (Wildman–Crippen LogP) is 4.53. The number of fused-ring (bicyclic) bond motifs is 3. The summed E-state index contributed by atoms with van der Waals surface area (Å²) in [5, 5.41) is 12.6. The van der Waals surface area contributed by atoms with E-state index >= 15 is 0 Å². The number of aromatic nitrogens is 3. The molecule has 0 spiro atoms. The molecule has 0 aliphatic carbocycles. The van der Waals surface area contributed by atoms with Gasteiger partial charge in [-0.1, -0.05) is 29.8 Å². The van der Waals surface area contributed by atoms with Crippen molar-refractivity contribution in [3.05, 3.63) is 63.5 Å². The Balaban J connectivity index is 2.01. The van der Waals surface area contributed by atoms with Gasteiger partial charge in [0.1, 0.15) is 17.7 Å². The first-order chi connectivity index (χ1) is 10.7. The zero-order valence-electron chi connectivity index (χ0n) is 11.6. The van der Waals surface area contributed by atoms with E-state index in [9.17, 15) is 0 Å². The standard InChI is InChI=1S/C15H11ClIN4S/c1-9-19-20-13-8-18-14(10-4-2-3-5-12(10)16)11-6-7-22(17)15(11)21(9)13/h2-7H,8H2,1H3/q+1. The van der Waals surface area contributed by atoms with E-state index in [0.29, 0.717) is 6.54 Å². The fourth-order valence-electron chi connectivity index (χ4n) is 2.65. The zero-order chi connectivity index (χ0) is 15.3. The molecule has 0 bridgehead atoms. The van der Waals surface area contributed by atoms with E-state index in [1.165, 1.54) is 5.00 Å². The Morgan fingerprint density at radius 3 is 2.82 bits per heavy atom. The Morgan fingerprint density at radius 2 is 2.00 bits per heavy atom. The molecule has 0 saturated heterocycles. The minimum absolute atomic E-state index is 0.0235. The van der Waals surface area contributed by atoms with Crippen LogP contribution in [0, 0.1) is 6.92 Å². The first-order valence-electron chi connectivity index (χ1n) is 6.69. The van der Waals surface area contributed by atoms with Gasteiger partial charge in [0.2, 0.25) is 0 Å². The molecule has 4 nitrogen and oxygen atoms in total. The van der Waals surface area contributed by atoms with Crippen LogP contribution in [-0.2, 0) is 6.54 Å². The minimum Gasteiger partial charge on any atom is -0.276 e. The molecule has 22 heavy (non-hydrogen) atoms. The average molecular weight is 442 g/mol. The van der Waals surface area contributed by atoms with Crippen LogP contribution in [0.1, 0.15) is 22.8 Å². The molecule has 1 atom stereocenters. The molecule has 1 aliphatic heterocycles. The SMILES string of the molecule is Cc1nnc2n1-c1c(cc[s+]1I)C(c1ccccc1Cl)=NC2. The van der Waals surface area contributed by atoms with Gasteiger partial charge >= 0.3 is 0 Å². The summed E-state index contributed by atoms with van der Waals surface area (Å²) in [5.74, 6) is 1.78. The molecule has 4 rings (SSSR count). The molecule has 110 valence electrons. The largest absolute Gasteiger partial charge is 0.289 e. The van der Waals surface area contributed by atoms with Gasteiger partial charge in [-0.2, -0.15) is 0 Å². The van der Waals surface area contributed by atoms with E-state index in [2.05, 4.69) is 47.4 Å². The number of halogens is 2. The maximum Gasteiger partial charge on any atom is 0.289 e. The van der Waals surface area contributed by atoms with Gasteiger partial charge in [0.25, 0.3) is 26.2 Å². The van der Waals surface area contributed by atoms with Gasteiger partial charge in [-0.3, -0.25) is 4.99 Å². The van der Waals surface area contributed by atoms with Crippen LogP contribution in [0.3, 0.4) is 0 Å². The fraction of sp³-hybridized carbons (Fsp3) is 0.133. The van der Waals surface area contributed by atoms with Crippen LogP contribution in [0.2, 0.25) is 5.02 Å². The van der Waals surface area contributed by atoms with Gasteiger partial charge in [-0.15, -0.1) is 10.2 Å². The predicted molar refractivity (Wildman–Crippen MR) is 98.8 cm³/mol. The number of thiophene rings is 1. The fourth-order valence-corrected chi connectivity index (χ4v) is 5.79. The zero-order valence-corrected chi connectivity index (χ0v) is 15.4. The third kappa shape index (κ3) is 2.12. The first kappa shape index (κ1) is 14.3. The van der Waals surface area contributed by atoms with Gasteiger partial charge < -0.3 is 0 Å². The Kier molecular flexibility index (Phi) is 3.54. The third-order valence-corrected chi connectivity index (χ3v) is 7.24. The summed E-state index contributed by atoms with van der Waals surface area (Å²) < 4.78 is 2.14. The summed E-state index contributed by atoms with van der Waals surface area (Å²) in [6.45, 7) is 2.49. The van der Waals surface area contributed by atoms with Crippen LogP contribution >= 0.6 is 40.4 Å². The lowest BCUT2D eigenvalue weighted by atomic mass is 10.0. The molecule has 0 N–H and O–H groups in total. The highest BCUT2D eigenvalue weighted by atomic mass is 127. The average Bonchev–Trinajstić information content (AvgIpc) is 2.99. The number of hydrogen-bond donors (Lipinski definition) is 0. The molecule has 0 amide bonds. The van der Waals surface area contributed by atoms with Crippen LogP contribution in [-0.4, -0.2) is 20.5 Å². The van der Waals surface area contributed by atoms with E-state index in [-0.39, 0.29) is 7.64 Å². The number of nitrogens with zero attached hydrogens (tertiary/aromatic N) is 4. The van der Waals surface area contributed by atoms with Gasteiger partial charge in [0.15, 0.2) is 5.82 Å². The molecular weight excluding hydrogens is 431 g/mol. The van der Waals surface area contributed by atoms with E-state index in [0.717, 1.165) is 33.5 Å². The molecule has 3 heterocycles. The molecule has 2 aromatic heterocycles. The monoisotopic (exact) mass is 441 g/mol. The Labute approximate surface area is 147 Å². The minimum atomic E-state index is -0.0235. The van der Waals surface area contributed by atoms with Crippen molar-refractivity contribution in [1.29, 1.82) is 0 Å². The number of benzene rings is 1. The Morgan fingerprint density at radius 1 is 1.18 bits per heavy atom. The summed E-state index contributed by atoms with van der Waals surface area (Å²) in [6.07, 6.45) is 0. The second kappa shape index (κ2) is 5.43. The normalized spacial score (nSPS) is 14.1. The van der Waals surface area contributed by atoms with Crippen molar-refractivity contribution in [2.45, 2.75) is 13.5 Å². The van der Waals surface area contributed by atoms with Gasteiger partial charge in [-0.05, 0) is 13.0 Å². The molecule has 1 aliphatic rings. The second-order valence-electron chi connectivity index (χ2n) is 4.95. The van der Waals surface area contributed by atoms with Crippen molar-refractivity contribution < 1.29 is 0 Å². The van der Waals surface area contributed by atoms with Crippen molar-refractivity contribution in [1.82, 2.24) is 14.8 Å². The molecule has 0 saturated carbocycles. The molecular formula is C15H11ClIN4S+. The molecule has 0 fully saturated rings. The quantitative estimate of drug-likeness (QED) is 0.411. The van der Waals surface area contributed by atoms with Crippen LogP contribution in [0.4, 0.5) is 0 Å². The van der Waals surface area contributed by atoms with Gasteiger partial charge in [0.05, 0.1) is 18.9 Å². The third-order valence-electron chi connectivity index (χ3n) is 3.63. The Bertz CT molecular complexity index is 912. The number of rotatable bonds is 1. The molecule has 1 aromatic carbocycles. The summed E-state index contributed by atoms with van der Waals surface area (Å²) in [7, 11) is -0.0235. The van der Waals surface area contributed by atoms with E-state index in [4.69, 9.17) is 16.6 Å². The highest BCUT2D eigenvalue weighted by Crippen LogP contribution is 2.42. The summed E-state index contributed by atoms with van der Waals surface area (Å²) in [6, 6.07) is 9.98. The number of aryl methyl sites for hydroxylation is 1. The molecule has 7 heteroatoms. The van der Waals surface area contributed by atoms with Crippen LogP contribution in [0.25, 0.3) is 5.00 Å². The van der Waals surface area contributed by atoms with Crippen LogP contribution in [0.5, 0.6) is 0 Å². The number of hydrogen-bond acceptors (Lipinski definition) is 3. The van der Waals surface area contributed by atoms with Crippen LogP contribution in [0.15, 0.2) is 40.7 Å². The molecule has 3 aromatic rings. The van der Waals surface area contributed by atoms with Crippen LogP contribution < -0.4 is 0 Å². The van der Waals surface area contributed by atoms with E-state index in [1.54, 1.807) is 0 Å². The molecule has 0 radical (unpaired) electrons. The van der Waals surface area contributed by atoms with Gasteiger partial charge in [0, 0.05) is 16.7 Å². The molecule has 1 unspecified atom stereocenters. The second-order valence-corrected chi connectivity index (χ2v) is 9.43. The van der Waals surface area contributed by atoms with E-state index < -0.39 is 0 Å². The number of aliphatic imine (C=N–C) groups is 1.